The van der Waals surface area contributed by atoms with Crippen molar-refractivity contribution < 1.29 is 9.53 Å². The molecular weight excluding hydrogens is 288 g/mol. The van der Waals surface area contributed by atoms with E-state index in [1.807, 2.05) is 20.8 Å². The summed E-state index contributed by atoms with van der Waals surface area (Å²) in [4.78, 5) is 20.8. The van der Waals surface area contributed by atoms with Gasteiger partial charge in [-0.15, -0.1) is 0 Å². The highest BCUT2D eigenvalue weighted by molar-refractivity contribution is 6.30. The second kappa shape index (κ2) is 6.22. The average molecular weight is 305 g/mol. The Kier molecular flexibility index (Phi) is 4.58. The molecule has 0 fully saturated rings. The van der Waals surface area contributed by atoms with Gasteiger partial charge in [-0.05, 0) is 24.3 Å². The zero-order chi connectivity index (χ0) is 15.5. The van der Waals surface area contributed by atoms with Gasteiger partial charge in [-0.25, -0.2) is 0 Å². The van der Waals surface area contributed by atoms with Crippen LogP contribution in [0, 0.1) is 5.41 Å². The quantitative estimate of drug-likeness (QED) is 0.860. The van der Waals surface area contributed by atoms with Crippen molar-refractivity contribution in [2.24, 2.45) is 5.41 Å². The SMILES string of the molecule is CC(C)(C)C(=O)C(Oc1ccc(Cl)cc1)c1cnccn1. The summed E-state index contributed by atoms with van der Waals surface area (Å²) in [7, 11) is 0. The largest absolute Gasteiger partial charge is 0.476 e. The minimum Gasteiger partial charge on any atom is -0.476 e. The van der Waals surface area contributed by atoms with Gasteiger partial charge >= 0.3 is 0 Å². The van der Waals surface area contributed by atoms with E-state index in [1.54, 1.807) is 42.9 Å². The standard InChI is InChI=1S/C16H17ClN2O2/c1-16(2,3)15(20)14(13-10-18-8-9-19-13)21-12-6-4-11(17)5-7-12/h4-10,14H,1-3H3. The normalized spacial score (nSPS) is 12.8. The predicted octanol–water partition coefficient (Wildman–Crippen LogP) is 3.87. The lowest BCUT2D eigenvalue weighted by atomic mass is 9.86. The van der Waals surface area contributed by atoms with Crippen molar-refractivity contribution in [3.63, 3.8) is 0 Å². The van der Waals surface area contributed by atoms with Gasteiger partial charge in [-0.2, -0.15) is 0 Å². The molecule has 5 heteroatoms. The molecule has 0 aliphatic rings. The average Bonchev–Trinajstić information content (AvgIpc) is 2.46. The molecule has 2 rings (SSSR count). The molecule has 0 radical (unpaired) electrons. The van der Waals surface area contributed by atoms with E-state index in [1.165, 1.54) is 0 Å². The monoisotopic (exact) mass is 304 g/mol. The fourth-order valence-electron chi connectivity index (χ4n) is 1.74. The van der Waals surface area contributed by atoms with E-state index in [0.717, 1.165) is 0 Å². The Labute approximate surface area is 129 Å². The molecule has 0 spiro atoms. The van der Waals surface area contributed by atoms with Crippen LogP contribution in [0.5, 0.6) is 5.75 Å². The van der Waals surface area contributed by atoms with E-state index in [0.29, 0.717) is 16.5 Å². The Morgan fingerprint density at radius 3 is 2.38 bits per heavy atom. The summed E-state index contributed by atoms with van der Waals surface area (Å²) in [6.07, 6.45) is 3.86. The van der Waals surface area contributed by atoms with E-state index in [-0.39, 0.29) is 5.78 Å². The van der Waals surface area contributed by atoms with E-state index < -0.39 is 11.5 Å². The number of nitrogens with zero attached hydrogens (tertiary/aromatic N) is 2. The molecule has 0 saturated carbocycles. The van der Waals surface area contributed by atoms with Gasteiger partial charge in [0.2, 0.25) is 6.10 Å². The van der Waals surface area contributed by atoms with Crippen LogP contribution in [0.3, 0.4) is 0 Å². The van der Waals surface area contributed by atoms with E-state index in [4.69, 9.17) is 16.3 Å². The van der Waals surface area contributed by atoms with Crippen molar-refractivity contribution in [3.05, 3.63) is 53.6 Å². The molecule has 2 aromatic rings. The van der Waals surface area contributed by atoms with Crippen molar-refractivity contribution in [3.8, 4) is 5.75 Å². The zero-order valence-corrected chi connectivity index (χ0v) is 13.0. The topological polar surface area (TPSA) is 52.1 Å². The highest BCUT2D eigenvalue weighted by Crippen LogP contribution is 2.29. The summed E-state index contributed by atoms with van der Waals surface area (Å²) in [5, 5.41) is 0.612. The molecule has 0 bridgehead atoms. The first-order chi connectivity index (χ1) is 9.88. The summed E-state index contributed by atoms with van der Waals surface area (Å²) < 4.78 is 5.83. The highest BCUT2D eigenvalue weighted by Gasteiger charge is 2.33. The highest BCUT2D eigenvalue weighted by atomic mass is 35.5. The number of hydrogen-bond donors (Lipinski definition) is 0. The number of hydrogen-bond acceptors (Lipinski definition) is 4. The third-order valence-corrected chi connectivity index (χ3v) is 3.15. The van der Waals surface area contributed by atoms with Crippen LogP contribution in [0.1, 0.15) is 32.6 Å². The van der Waals surface area contributed by atoms with Crippen LogP contribution in [0.2, 0.25) is 5.02 Å². The molecule has 0 aliphatic carbocycles. The molecule has 1 heterocycles. The Hall–Kier alpha value is -1.94. The maximum atomic E-state index is 12.6. The number of ether oxygens (including phenoxy) is 1. The van der Waals surface area contributed by atoms with Crippen molar-refractivity contribution in [2.45, 2.75) is 26.9 Å². The summed E-state index contributed by atoms with van der Waals surface area (Å²) in [6.45, 7) is 5.55. The minimum absolute atomic E-state index is 0.0575. The molecule has 21 heavy (non-hydrogen) atoms. The van der Waals surface area contributed by atoms with Crippen LogP contribution in [0.25, 0.3) is 0 Å². The second-order valence-electron chi connectivity index (χ2n) is 5.70. The summed E-state index contributed by atoms with van der Waals surface area (Å²) in [5.74, 6) is 0.505. The van der Waals surface area contributed by atoms with Crippen LogP contribution < -0.4 is 4.74 Å². The van der Waals surface area contributed by atoms with Crippen LogP contribution in [-0.4, -0.2) is 15.8 Å². The van der Waals surface area contributed by atoms with Gasteiger partial charge in [0.25, 0.3) is 0 Å². The van der Waals surface area contributed by atoms with Crippen molar-refractivity contribution in [1.29, 1.82) is 0 Å². The first-order valence-electron chi connectivity index (χ1n) is 6.60. The van der Waals surface area contributed by atoms with Gasteiger partial charge in [0.05, 0.1) is 6.20 Å². The van der Waals surface area contributed by atoms with Crippen molar-refractivity contribution in [2.75, 3.05) is 0 Å². The number of rotatable bonds is 4. The number of ketones is 1. The number of aromatic nitrogens is 2. The number of carbonyl (C=O) groups excluding carboxylic acids is 1. The lowest BCUT2D eigenvalue weighted by Crippen LogP contribution is -2.31. The molecule has 4 nitrogen and oxygen atoms in total. The van der Waals surface area contributed by atoms with E-state index >= 15 is 0 Å². The van der Waals surface area contributed by atoms with Crippen LogP contribution in [-0.2, 0) is 4.79 Å². The Balaban J connectivity index is 2.32. The molecule has 0 aliphatic heterocycles. The Morgan fingerprint density at radius 1 is 1.19 bits per heavy atom. The predicted molar refractivity (Wildman–Crippen MR) is 81.3 cm³/mol. The van der Waals surface area contributed by atoms with Crippen LogP contribution >= 0.6 is 11.6 Å². The summed E-state index contributed by atoms with van der Waals surface area (Å²) >= 11 is 5.86. The number of Topliss-reactive ketones (excluding diaryl/α,β-unsaturated/α-hetero) is 1. The summed E-state index contributed by atoms with van der Waals surface area (Å²) in [6, 6.07) is 6.88. The van der Waals surface area contributed by atoms with Gasteiger partial charge in [0, 0.05) is 22.8 Å². The maximum Gasteiger partial charge on any atom is 0.200 e. The molecular formula is C16H17ClN2O2. The minimum atomic E-state index is -0.792. The van der Waals surface area contributed by atoms with Gasteiger partial charge < -0.3 is 4.74 Å². The molecule has 0 N–H and O–H groups in total. The third-order valence-electron chi connectivity index (χ3n) is 2.90. The lowest BCUT2D eigenvalue weighted by Gasteiger charge is -2.24. The fourth-order valence-corrected chi connectivity index (χ4v) is 1.86. The maximum absolute atomic E-state index is 12.6. The first kappa shape index (κ1) is 15.4. The molecule has 1 unspecified atom stereocenters. The van der Waals surface area contributed by atoms with Crippen molar-refractivity contribution in [1.82, 2.24) is 9.97 Å². The second-order valence-corrected chi connectivity index (χ2v) is 6.13. The molecule has 0 amide bonds. The van der Waals surface area contributed by atoms with E-state index in [2.05, 4.69) is 9.97 Å². The number of benzene rings is 1. The van der Waals surface area contributed by atoms with Gasteiger partial charge in [0.1, 0.15) is 11.4 Å². The number of carbonyl (C=O) groups is 1. The van der Waals surface area contributed by atoms with Gasteiger partial charge in [0.15, 0.2) is 5.78 Å². The molecule has 110 valence electrons. The lowest BCUT2D eigenvalue weighted by molar-refractivity contribution is -0.134. The van der Waals surface area contributed by atoms with Gasteiger partial charge in [-0.3, -0.25) is 14.8 Å². The third kappa shape index (κ3) is 4.02. The zero-order valence-electron chi connectivity index (χ0n) is 12.2. The Bertz CT molecular complexity index is 606. The molecule has 1 aromatic carbocycles. The summed E-state index contributed by atoms with van der Waals surface area (Å²) in [5.41, 5.74) is -0.0541. The molecule has 1 atom stereocenters. The number of halogens is 1. The first-order valence-corrected chi connectivity index (χ1v) is 6.98. The van der Waals surface area contributed by atoms with Crippen molar-refractivity contribution >= 4 is 17.4 Å². The fraction of sp³-hybridized carbons (Fsp3) is 0.312. The van der Waals surface area contributed by atoms with Gasteiger partial charge in [-0.1, -0.05) is 32.4 Å². The Morgan fingerprint density at radius 2 is 1.86 bits per heavy atom. The molecule has 0 saturated heterocycles. The molecule has 1 aromatic heterocycles. The van der Waals surface area contributed by atoms with E-state index in [9.17, 15) is 4.79 Å². The smallest absolute Gasteiger partial charge is 0.200 e. The van der Waals surface area contributed by atoms with Crippen LogP contribution in [0.4, 0.5) is 0 Å². The van der Waals surface area contributed by atoms with Crippen LogP contribution in [0.15, 0.2) is 42.9 Å².